The molecule has 1 aromatic carbocycles. The molecule has 3 heterocycles. The van der Waals surface area contributed by atoms with Gasteiger partial charge in [0.15, 0.2) is 5.11 Å². The Morgan fingerprint density at radius 3 is 2.66 bits per heavy atom. The summed E-state index contributed by atoms with van der Waals surface area (Å²) in [6, 6.07) is 13.7. The molecule has 1 saturated heterocycles. The normalized spacial score (nSPS) is 14.1. The summed E-state index contributed by atoms with van der Waals surface area (Å²) in [4.78, 5) is 24.4. The van der Waals surface area contributed by atoms with Crippen molar-refractivity contribution in [1.29, 1.82) is 0 Å². The molecule has 4 rings (SSSR count). The average Bonchev–Trinajstić information content (AvgIpc) is 3.13. The standard InChI is InChI=1S/C21H23N5O2S/c1-2-28-20(27)19-18(15-7-3-4-8-16(15)23-19)24-21(29)26-13-11-25(12-14-26)17-9-5-6-10-22-17/h3-10,23H,2,11-14H2,1H3,(H,24,29). The number of aromatic amines is 1. The third-order valence-corrected chi connectivity index (χ3v) is 5.32. The second-order valence-corrected chi connectivity index (χ2v) is 7.12. The SMILES string of the molecule is CCOC(=O)c1[nH]c2ccccc2c1NC(=S)N1CCN(c2ccccn2)CC1. The molecule has 7 nitrogen and oxygen atoms in total. The van der Waals surface area contributed by atoms with E-state index in [1.54, 1.807) is 6.92 Å². The van der Waals surface area contributed by atoms with Gasteiger partial charge in [-0.1, -0.05) is 24.3 Å². The van der Waals surface area contributed by atoms with Crippen molar-refractivity contribution in [2.45, 2.75) is 6.92 Å². The number of rotatable bonds is 4. The summed E-state index contributed by atoms with van der Waals surface area (Å²) >= 11 is 5.67. The van der Waals surface area contributed by atoms with E-state index in [0.29, 0.717) is 23.1 Å². The predicted molar refractivity (Wildman–Crippen MR) is 118 cm³/mol. The fraction of sp³-hybridized carbons (Fsp3) is 0.286. The molecule has 3 aromatic rings. The summed E-state index contributed by atoms with van der Waals surface area (Å²) in [7, 11) is 0. The lowest BCUT2D eigenvalue weighted by atomic mass is 10.2. The molecule has 0 bridgehead atoms. The van der Waals surface area contributed by atoms with Crippen molar-refractivity contribution in [1.82, 2.24) is 14.9 Å². The smallest absolute Gasteiger partial charge is 0.356 e. The van der Waals surface area contributed by atoms with Gasteiger partial charge in [0.1, 0.15) is 11.5 Å². The van der Waals surface area contributed by atoms with Crippen LogP contribution in [0, 0.1) is 0 Å². The van der Waals surface area contributed by atoms with Crippen molar-refractivity contribution >= 4 is 45.7 Å². The van der Waals surface area contributed by atoms with Gasteiger partial charge < -0.3 is 24.8 Å². The zero-order valence-corrected chi connectivity index (χ0v) is 17.0. The average molecular weight is 410 g/mol. The zero-order valence-electron chi connectivity index (χ0n) is 16.2. The molecule has 0 atom stereocenters. The maximum Gasteiger partial charge on any atom is 0.356 e. The number of carbonyl (C=O) groups is 1. The van der Waals surface area contributed by atoms with Crippen LogP contribution in [0.1, 0.15) is 17.4 Å². The van der Waals surface area contributed by atoms with Crippen LogP contribution in [0.5, 0.6) is 0 Å². The van der Waals surface area contributed by atoms with Crippen molar-refractivity contribution in [2.75, 3.05) is 43.0 Å². The Bertz CT molecular complexity index is 1010. The molecule has 0 amide bonds. The van der Waals surface area contributed by atoms with E-state index in [-0.39, 0.29) is 0 Å². The monoisotopic (exact) mass is 409 g/mol. The number of piperazine rings is 1. The molecule has 1 aliphatic rings. The molecule has 29 heavy (non-hydrogen) atoms. The Labute approximate surface area is 174 Å². The Kier molecular flexibility index (Phi) is 5.62. The van der Waals surface area contributed by atoms with Gasteiger partial charge in [-0.2, -0.15) is 0 Å². The number of carbonyl (C=O) groups excluding carboxylic acids is 1. The summed E-state index contributed by atoms with van der Waals surface area (Å²) in [6.07, 6.45) is 1.81. The highest BCUT2D eigenvalue weighted by molar-refractivity contribution is 7.80. The number of nitrogens with one attached hydrogen (secondary N) is 2. The second-order valence-electron chi connectivity index (χ2n) is 6.73. The van der Waals surface area contributed by atoms with Crippen molar-refractivity contribution in [3.8, 4) is 0 Å². The van der Waals surface area contributed by atoms with E-state index in [4.69, 9.17) is 17.0 Å². The molecular weight excluding hydrogens is 386 g/mol. The summed E-state index contributed by atoms with van der Waals surface area (Å²) in [6.45, 7) is 5.32. The van der Waals surface area contributed by atoms with Gasteiger partial charge in [-0.3, -0.25) is 0 Å². The third kappa shape index (κ3) is 4.02. The number of benzene rings is 1. The number of esters is 1. The number of hydrogen-bond donors (Lipinski definition) is 2. The molecule has 2 aromatic heterocycles. The van der Waals surface area contributed by atoms with Gasteiger partial charge in [0.25, 0.3) is 0 Å². The summed E-state index contributed by atoms with van der Waals surface area (Å²) in [5, 5.41) is 4.79. The minimum Gasteiger partial charge on any atom is -0.461 e. The molecule has 150 valence electrons. The van der Waals surface area contributed by atoms with Gasteiger partial charge in [0.05, 0.1) is 12.3 Å². The largest absolute Gasteiger partial charge is 0.461 e. The molecule has 1 aliphatic heterocycles. The Morgan fingerprint density at radius 1 is 1.17 bits per heavy atom. The van der Waals surface area contributed by atoms with Gasteiger partial charge in [-0.05, 0) is 37.3 Å². The molecular formula is C21H23N5O2S. The number of hydrogen-bond acceptors (Lipinski definition) is 5. The number of para-hydroxylation sites is 1. The van der Waals surface area contributed by atoms with Gasteiger partial charge in [-0.25, -0.2) is 9.78 Å². The van der Waals surface area contributed by atoms with Gasteiger partial charge in [-0.15, -0.1) is 0 Å². The van der Waals surface area contributed by atoms with Crippen LogP contribution in [0.15, 0.2) is 48.7 Å². The number of anilines is 2. The first-order valence-electron chi connectivity index (χ1n) is 9.67. The second kappa shape index (κ2) is 8.48. The minimum atomic E-state index is -0.394. The lowest BCUT2D eigenvalue weighted by Gasteiger charge is -2.36. The summed E-state index contributed by atoms with van der Waals surface area (Å²) in [5.41, 5.74) is 1.92. The molecule has 0 spiro atoms. The van der Waals surface area contributed by atoms with E-state index >= 15 is 0 Å². The Hall–Kier alpha value is -3.13. The van der Waals surface area contributed by atoms with Gasteiger partial charge >= 0.3 is 5.97 Å². The van der Waals surface area contributed by atoms with Gasteiger partial charge in [0, 0.05) is 43.3 Å². The van der Waals surface area contributed by atoms with Crippen LogP contribution in [0.25, 0.3) is 10.9 Å². The van der Waals surface area contributed by atoms with Crippen molar-refractivity contribution in [3.63, 3.8) is 0 Å². The Morgan fingerprint density at radius 2 is 1.93 bits per heavy atom. The number of fused-ring (bicyclic) bond motifs is 1. The molecule has 1 fully saturated rings. The number of thiocarbonyl (C=S) groups is 1. The third-order valence-electron chi connectivity index (χ3n) is 4.96. The van der Waals surface area contributed by atoms with E-state index in [1.165, 1.54) is 0 Å². The maximum atomic E-state index is 12.4. The Balaban J connectivity index is 1.49. The lowest BCUT2D eigenvalue weighted by molar-refractivity contribution is 0.0522. The van der Waals surface area contributed by atoms with E-state index in [9.17, 15) is 4.79 Å². The van der Waals surface area contributed by atoms with Crippen LogP contribution in [0.4, 0.5) is 11.5 Å². The highest BCUT2D eigenvalue weighted by Crippen LogP contribution is 2.29. The van der Waals surface area contributed by atoms with Gasteiger partial charge in [0.2, 0.25) is 0 Å². The number of pyridine rings is 1. The van der Waals surface area contributed by atoms with Crippen molar-refractivity contribution in [3.05, 3.63) is 54.4 Å². The molecule has 0 aliphatic carbocycles. The fourth-order valence-corrected chi connectivity index (χ4v) is 3.78. The first-order valence-corrected chi connectivity index (χ1v) is 10.1. The minimum absolute atomic E-state index is 0.313. The lowest BCUT2D eigenvalue weighted by Crippen LogP contribution is -2.50. The first-order chi connectivity index (χ1) is 14.2. The predicted octanol–water partition coefficient (Wildman–Crippen LogP) is 3.26. The fourth-order valence-electron chi connectivity index (χ4n) is 3.49. The number of nitrogens with zero attached hydrogens (tertiary/aromatic N) is 3. The van der Waals surface area contributed by atoms with Crippen LogP contribution >= 0.6 is 12.2 Å². The maximum absolute atomic E-state index is 12.4. The van der Waals surface area contributed by atoms with Crippen LogP contribution in [0.2, 0.25) is 0 Å². The van der Waals surface area contributed by atoms with Crippen molar-refractivity contribution < 1.29 is 9.53 Å². The number of ether oxygens (including phenoxy) is 1. The van der Waals surface area contributed by atoms with Crippen LogP contribution in [-0.2, 0) is 4.74 Å². The van der Waals surface area contributed by atoms with E-state index in [0.717, 1.165) is 42.9 Å². The molecule has 8 heteroatoms. The zero-order chi connectivity index (χ0) is 20.2. The van der Waals surface area contributed by atoms with E-state index in [2.05, 4.69) is 25.1 Å². The highest BCUT2D eigenvalue weighted by atomic mass is 32.1. The highest BCUT2D eigenvalue weighted by Gasteiger charge is 2.23. The number of aromatic nitrogens is 2. The van der Waals surface area contributed by atoms with Crippen LogP contribution in [-0.4, -0.2) is 58.7 Å². The summed E-state index contributed by atoms with van der Waals surface area (Å²) in [5.74, 6) is 0.584. The molecule has 0 unspecified atom stereocenters. The van der Waals surface area contributed by atoms with Crippen LogP contribution < -0.4 is 10.2 Å². The quantitative estimate of drug-likeness (QED) is 0.506. The van der Waals surface area contributed by atoms with E-state index < -0.39 is 5.97 Å². The molecule has 0 saturated carbocycles. The molecule has 2 N–H and O–H groups in total. The molecule has 0 radical (unpaired) electrons. The first kappa shape index (κ1) is 19.2. The topological polar surface area (TPSA) is 73.5 Å². The van der Waals surface area contributed by atoms with Crippen LogP contribution in [0.3, 0.4) is 0 Å². The number of H-pyrrole nitrogens is 1. The van der Waals surface area contributed by atoms with E-state index in [1.807, 2.05) is 48.7 Å². The van der Waals surface area contributed by atoms with Crippen molar-refractivity contribution in [2.24, 2.45) is 0 Å². The summed E-state index contributed by atoms with van der Waals surface area (Å²) < 4.78 is 5.21.